The van der Waals surface area contributed by atoms with Crippen LogP contribution in [0, 0.1) is 0 Å². The molecule has 0 saturated heterocycles. The summed E-state index contributed by atoms with van der Waals surface area (Å²) in [5, 5.41) is 0.726. The summed E-state index contributed by atoms with van der Waals surface area (Å²) in [6, 6.07) is 13.6. The maximum Gasteiger partial charge on any atom is 0.340 e. The van der Waals surface area contributed by atoms with Gasteiger partial charge in [-0.3, -0.25) is 4.79 Å². The van der Waals surface area contributed by atoms with Crippen molar-refractivity contribution in [3.63, 3.8) is 0 Å². The van der Waals surface area contributed by atoms with E-state index in [-0.39, 0.29) is 23.4 Å². The van der Waals surface area contributed by atoms with Crippen LogP contribution in [0.4, 0.5) is 0 Å². The van der Waals surface area contributed by atoms with E-state index in [1.165, 1.54) is 7.11 Å². The number of ether oxygens (including phenoxy) is 1. The molecule has 0 N–H and O–H groups in total. The van der Waals surface area contributed by atoms with Gasteiger partial charge in [0.25, 0.3) is 0 Å². The van der Waals surface area contributed by atoms with Gasteiger partial charge in [-0.05, 0) is 30.7 Å². The molecule has 158 valence electrons. The Bertz CT molecular complexity index is 1200. The van der Waals surface area contributed by atoms with Crippen molar-refractivity contribution in [2.24, 2.45) is 0 Å². The van der Waals surface area contributed by atoms with Crippen LogP contribution >= 0.6 is 0 Å². The molecule has 8 heteroatoms. The molecule has 1 aromatic heterocycles. The normalized spacial score (nSPS) is 12.5. The second-order valence-corrected chi connectivity index (χ2v) is 9.22. The summed E-state index contributed by atoms with van der Waals surface area (Å²) in [6.07, 6.45) is 2.79. The molecule has 1 amide bonds. The van der Waals surface area contributed by atoms with E-state index in [1.54, 1.807) is 47.0 Å². The van der Waals surface area contributed by atoms with Crippen molar-refractivity contribution >= 4 is 32.6 Å². The molecule has 3 aromatic rings. The Labute approximate surface area is 175 Å². The van der Waals surface area contributed by atoms with Crippen LogP contribution in [-0.2, 0) is 25.9 Å². The minimum Gasteiger partial charge on any atom is -0.465 e. The van der Waals surface area contributed by atoms with Gasteiger partial charge in [0.2, 0.25) is 5.91 Å². The number of methoxy groups -OCH3 is 1. The topological polar surface area (TPSA) is 85.7 Å². The molecule has 3 rings (SSSR count). The van der Waals surface area contributed by atoms with E-state index in [4.69, 9.17) is 4.74 Å². The fraction of sp³-hybridized carbons (Fsp3) is 0.273. The van der Waals surface area contributed by atoms with Crippen LogP contribution in [-0.4, -0.2) is 50.2 Å². The number of carbonyl (C=O) groups is 2. The lowest BCUT2D eigenvalue weighted by Gasteiger charge is -2.26. The fourth-order valence-corrected chi connectivity index (χ4v) is 3.97. The average molecular weight is 429 g/mol. The van der Waals surface area contributed by atoms with Crippen LogP contribution in [0.15, 0.2) is 59.6 Å². The highest BCUT2D eigenvalue weighted by molar-refractivity contribution is 7.90. The zero-order chi connectivity index (χ0) is 22.1. The van der Waals surface area contributed by atoms with Crippen LogP contribution in [0.2, 0.25) is 0 Å². The van der Waals surface area contributed by atoms with Gasteiger partial charge < -0.3 is 14.2 Å². The highest BCUT2D eigenvalue weighted by Gasteiger charge is 2.21. The molecule has 1 atom stereocenters. The smallest absolute Gasteiger partial charge is 0.340 e. The van der Waals surface area contributed by atoms with Crippen molar-refractivity contribution < 1.29 is 22.7 Å². The molecule has 0 radical (unpaired) electrons. The first-order chi connectivity index (χ1) is 14.1. The van der Waals surface area contributed by atoms with E-state index >= 15 is 0 Å². The molecule has 2 aromatic carbocycles. The summed E-state index contributed by atoms with van der Waals surface area (Å²) in [6.45, 7) is 1.93. The van der Waals surface area contributed by atoms with Crippen molar-refractivity contribution in [1.29, 1.82) is 0 Å². The second kappa shape index (κ2) is 8.31. The number of aromatic nitrogens is 1. The van der Waals surface area contributed by atoms with E-state index in [0.717, 1.165) is 22.7 Å². The summed E-state index contributed by atoms with van der Waals surface area (Å²) >= 11 is 0. The highest BCUT2D eigenvalue weighted by atomic mass is 32.2. The van der Waals surface area contributed by atoms with E-state index in [0.29, 0.717) is 5.56 Å². The molecule has 1 unspecified atom stereocenters. The lowest BCUT2D eigenvalue weighted by Crippen LogP contribution is -2.32. The highest BCUT2D eigenvalue weighted by Crippen LogP contribution is 2.24. The van der Waals surface area contributed by atoms with Crippen molar-refractivity contribution in [2.45, 2.75) is 24.4 Å². The zero-order valence-electron chi connectivity index (χ0n) is 17.3. The molecule has 30 heavy (non-hydrogen) atoms. The average Bonchev–Trinajstić information content (AvgIpc) is 3.10. The number of likely N-dealkylation sites (N-methyl/N-ethyl adjacent to an activating group) is 1. The number of amides is 1. The molecule has 0 aliphatic heterocycles. The Morgan fingerprint density at radius 1 is 1.10 bits per heavy atom. The van der Waals surface area contributed by atoms with Crippen LogP contribution < -0.4 is 0 Å². The van der Waals surface area contributed by atoms with Gasteiger partial charge >= 0.3 is 5.97 Å². The predicted octanol–water partition coefficient (Wildman–Crippen LogP) is 3.05. The number of hydrogen-bond donors (Lipinski definition) is 0. The van der Waals surface area contributed by atoms with Gasteiger partial charge in [-0.15, -0.1) is 0 Å². The Hall–Kier alpha value is -3.13. The van der Waals surface area contributed by atoms with Gasteiger partial charge in [-0.25, -0.2) is 13.2 Å². The molecule has 0 spiro atoms. The van der Waals surface area contributed by atoms with Crippen molar-refractivity contribution in [1.82, 2.24) is 9.47 Å². The lowest BCUT2D eigenvalue weighted by molar-refractivity contribution is -0.132. The van der Waals surface area contributed by atoms with Crippen LogP contribution in [0.25, 0.3) is 10.9 Å². The molecule has 0 fully saturated rings. The maximum atomic E-state index is 12.9. The van der Waals surface area contributed by atoms with Gasteiger partial charge in [0, 0.05) is 30.4 Å². The molecule has 0 saturated carbocycles. The molecular formula is C22H24N2O5S. The van der Waals surface area contributed by atoms with Gasteiger partial charge in [-0.2, -0.15) is 0 Å². The van der Waals surface area contributed by atoms with E-state index in [2.05, 4.69) is 0 Å². The monoisotopic (exact) mass is 428 g/mol. The third-order valence-electron chi connectivity index (χ3n) is 5.26. The standard InChI is InChI=1S/C22H24N2O5S/c1-15(16-9-11-17(12-10-16)30(4,27)28)23(2)21(25)14-24-13-19(22(26)29-3)18-7-5-6-8-20(18)24/h5-13,15H,14H2,1-4H3. The van der Waals surface area contributed by atoms with Crippen molar-refractivity contribution in [2.75, 3.05) is 20.4 Å². The summed E-state index contributed by atoms with van der Waals surface area (Å²) in [5.41, 5.74) is 2.00. The Morgan fingerprint density at radius 2 is 1.73 bits per heavy atom. The Morgan fingerprint density at radius 3 is 2.33 bits per heavy atom. The minimum absolute atomic E-state index is 0.0553. The fourth-order valence-electron chi connectivity index (χ4n) is 3.34. The first-order valence-corrected chi connectivity index (χ1v) is 11.2. The number of esters is 1. The molecule has 0 aliphatic carbocycles. The lowest BCUT2D eigenvalue weighted by atomic mass is 10.1. The molecule has 1 heterocycles. The number of para-hydroxylation sites is 1. The predicted molar refractivity (Wildman–Crippen MR) is 114 cm³/mol. The van der Waals surface area contributed by atoms with Crippen molar-refractivity contribution in [3.8, 4) is 0 Å². The number of fused-ring (bicyclic) bond motifs is 1. The number of hydrogen-bond acceptors (Lipinski definition) is 5. The first kappa shape index (κ1) is 21.6. The molecule has 0 bridgehead atoms. The first-order valence-electron chi connectivity index (χ1n) is 9.35. The van der Waals surface area contributed by atoms with Crippen LogP contribution in [0.3, 0.4) is 0 Å². The number of carbonyl (C=O) groups excluding carboxylic acids is 2. The van der Waals surface area contributed by atoms with Gasteiger partial charge in [-0.1, -0.05) is 30.3 Å². The van der Waals surface area contributed by atoms with Crippen LogP contribution in [0.5, 0.6) is 0 Å². The largest absolute Gasteiger partial charge is 0.465 e. The number of benzene rings is 2. The third-order valence-corrected chi connectivity index (χ3v) is 6.39. The second-order valence-electron chi connectivity index (χ2n) is 7.20. The van der Waals surface area contributed by atoms with E-state index < -0.39 is 15.8 Å². The number of nitrogens with zero attached hydrogens (tertiary/aromatic N) is 2. The Kier molecular flexibility index (Phi) is 5.98. The molecule has 7 nitrogen and oxygen atoms in total. The molecular weight excluding hydrogens is 404 g/mol. The summed E-state index contributed by atoms with van der Waals surface area (Å²) in [7, 11) is -0.250. The number of rotatable bonds is 6. The minimum atomic E-state index is -3.27. The molecule has 0 aliphatic rings. The van der Waals surface area contributed by atoms with Gasteiger partial charge in [0.1, 0.15) is 6.54 Å². The van der Waals surface area contributed by atoms with Gasteiger partial charge in [0.05, 0.1) is 23.6 Å². The quantitative estimate of drug-likeness (QED) is 0.564. The summed E-state index contributed by atoms with van der Waals surface area (Å²) in [4.78, 5) is 26.9. The van der Waals surface area contributed by atoms with Gasteiger partial charge in [0.15, 0.2) is 9.84 Å². The summed E-state index contributed by atoms with van der Waals surface area (Å²) < 4.78 is 29.9. The Balaban J connectivity index is 1.83. The zero-order valence-corrected chi connectivity index (χ0v) is 18.1. The summed E-state index contributed by atoms with van der Waals surface area (Å²) in [5.74, 6) is -0.600. The number of sulfone groups is 1. The maximum absolute atomic E-state index is 12.9. The van der Waals surface area contributed by atoms with E-state index in [9.17, 15) is 18.0 Å². The van der Waals surface area contributed by atoms with E-state index in [1.807, 2.05) is 31.2 Å². The third kappa shape index (κ3) is 4.23. The SMILES string of the molecule is COC(=O)c1cn(CC(=O)N(C)C(C)c2ccc(S(C)(=O)=O)cc2)c2ccccc12. The van der Waals surface area contributed by atoms with Crippen LogP contribution in [0.1, 0.15) is 28.9 Å². The van der Waals surface area contributed by atoms with Crippen molar-refractivity contribution in [3.05, 3.63) is 65.9 Å².